The minimum Gasteiger partial charge on any atom is -0.495 e. The van der Waals surface area contributed by atoms with Gasteiger partial charge in [0.2, 0.25) is 0 Å². The number of hydrogen-bond acceptors (Lipinski definition) is 5. The van der Waals surface area contributed by atoms with Gasteiger partial charge >= 0.3 is 0 Å². The van der Waals surface area contributed by atoms with E-state index in [4.69, 9.17) is 20.2 Å². The lowest BCUT2D eigenvalue weighted by molar-refractivity contribution is 0.0942. The number of hydrogen-bond donors (Lipinski definition) is 1. The van der Waals surface area contributed by atoms with Crippen molar-refractivity contribution in [2.75, 3.05) is 20.8 Å². The number of nitrogens with two attached hydrogens (primary N) is 1. The molecular weight excluding hydrogens is 208 g/mol. The van der Waals surface area contributed by atoms with Crippen molar-refractivity contribution in [2.45, 2.75) is 19.3 Å². The molecule has 2 N–H and O–H groups in total. The summed E-state index contributed by atoms with van der Waals surface area (Å²) in [6.07, 6.45) is 3.30. The zero-order valence-electron chi connectivity index (χ0n) is 10.1. The van der Waals surface area contributed by atoms with E-state index in [-0.39, 0.29) is 5.41 Å². The molecule has 1 aromatic rings. The number of methoxy groups -OCH3 is 2. The van der Waals surface area contributed by atoms with Gasteiger partial charge in [0, 0.05) is 11.0 Å². The summed E-state index contributed by atoms with van der Waals surface area (Å²) in [5.74, 6) is 6.47. The Labute approximate surface area is 95.5 Å². The number of nitrogens with zero attached hydrogens (tertiary/aromatic N) is 1. The second kappa shape index (κ2) is 5.14. The van der Waals surface area contributed by atoms with Gasteiger partial charge < -0.3 is 14.3 Å². The topological polar surface area (TPSA) is 66.6 Å². The first kappa shape index (κ1) is 12.7. The van der Waals surface area contributed by atoms with Crippen molar-refractivity contribution >= 4 is 0 Å². The molecule has 1 rings (SSSR count). The quantitative estimate of drug-likeness (QED) is 0.766. The Morgan fingerprint density at radius 1 is 1.19 bits per heavy atom. The summed E-state index contributed by atoms with van der Waals surface area (Å²) in [6.45, 7) is 4.37. The molecule has 1 heterocycles. The summed E-state index contributed by atoms with van der Waals surface area (Å²) >= 11 is 0. The van der Waals surface area contributed by atoms with Crippen LogP contribution in [0, 0.1) is 0 Å². The summed E-state index contributed by atoms with van der Waals surface area (Å²) in [4.78, 5) is 8.77. The highest BCUT2D eigenvalue weighted by atomic mass is 16.6. The summed E-state index contributed by atoms with van der Waals surface area (Å²) in [7, 11) is 3.19. The van der Waals surface area contributed by atoms with E-state index < -0.39 is 0 Å². The summed E-state index contributed by atoms with van der Waals surface area (Å²) in [5.41, 5.74) is 0.590. The Kier molecular flexibility index (Phi) is 4.09. The van der Waals surface area contributed by atoms with Gasteiger partial charge in [-0.25, -0.2) is 5.90 Å². The largest absolute Gasteiger partial charge is 0.495 e. The van der Waals surface area contributed by atoms with E-state index in [1.807, 2.05) is 13.8 Å². The molecule has 0 unspecified atom stereocenters. The van der Waals surface area contributed by atoms with Crippen molar-refractivity contribution in [3.8, 4) is 11.5 Å². The van der Waals surface area contributed by atoms with Gasteiger partial charge in [-0.3, -0.25) is 4.98 Å². The lowest BCUT2D eigenvalue weighted by atomic mass is 9.85. The Bertz CT molecular complexity index is 331. The van der Waals surface area contributed by atoms with Crippen LogP contribution in [0.1, 0.15) is 19.4 Å². The van der Waals surface area contributed by atoms with Crippen LogP contribution >= 0.6 is 0 Å². The molecular formula is C11H18N2O3. The maximum absolute atomic E-state index is 5.28. The number of pyridine rings is 1. The van der Waals surface area contributed by atoms with E-state index >= 15 is 0 Å². The molecule has 0 aliphatic heterocycles. The number of ether oxygens (including phenoxy) is 2. The highest BCUT2D eigenvalue weighted by Gasteiger charge is 2.29. The smallest absolute Gasteiger partial charge is 0.144 e. The molecule has 0 atom stereocenters. The lowest BCUT2D eigenvalue weighted by Gasteiger charge is -2.27. The molecule has 0 spiro atoms. The fraction of sp³-hybridized carbons (Fsp3) is 0.545. The SMILES string of the molecule is COc1cncc(OC)c1C(C)(C)CON. The van der Waals surface area contributed by atoms with Crippen LogP contribution < -0.4 is 15.4 Å². The van der Waals surface area contributed by atoms with Gasteiger partial charge in [0.1, 0.15) is 11.5 Å². The molecule has 0 aliphatic carbocycles. The van der Waals surface area contributed by atoms with Crippen LogP contribution in [0.25, 0.3) is 0 Å². The van der Waals surface area contributed by atoms with Gasteiger partial charge in [-0.15, -0.1) is 0 Å². The van der Waals surface area contributed by atoms with Crippen LogP contribution in [0.2, 0.25) is 0 Å². The van der Waals surface area contributed by atoms with Gasteiger partial charge in [0.25, 0.3) is 0 Å². The Hall–Kier alpha value is -1.33. The summed E-state index contributed by atoms with van der Waals surface area (Å²) in [5, 5.41) is 0. The van der Waals surface area contributed by atoms with Crippen molar-refractivity contribution < 1.29 is 14.3 Å². The molecule has 1 aromatic heterocycles. The summed E-state index contributed by atoms with van der Waals surface area (Å²) < 4.78 is 10.6. The second-order valence-electron chi connectivity index (χ2n) is 4.11. The molecule has 0 radical (unpaired) electrons. The van der Waals surface area contributed by atoms with Crippen LogP contribution in [-0.4, -0.2) is 25.8 Å². The van der Waals surface area contributed by atoms with Crippen molar-refractivity contribution in [1.29, 1.82) is 0 Å². The highest BCUT2D eigenvalue weighted by molar-refractivity contribution is 5.46. The van der Waals surface area contributed by atoms with E-state index in [0.717, 1.165) is 5.56 Å². The monoisotopic (exact) mass is 226 g/mol. The standard InChI is InChI=1S/C11H18N2O3/c1-11(2,7-16-12)10-8(14-3)5-13-6-9(10)15-4/h5-6H,7,12H2,1-4H3. The van der Waals surface area contributed by atoms with E-state index in [9.17, 15) is 0 Å². The minimum absolute atomic E-state index is 0.311. The van der Waals surface area contributed by atoms with Crippen LogP contribution in [0.3, 0.4) is 0 Å². The van der Waals surface area contributed by atoms with E-state index in [1.54, 1.807) is 26.6 Å². The lowest BCUT2D eigenvalue weighted by Crippen LogP contribution is -2.27. The molecule has 0 fully saturated rings. The molecule has 5 nitrogen and oxygen atoms in total. The second-order valence-corrected chi connectivity index (χ2v) is 4.11. The van der Waals surface area contributed by atoms with Crippen LogP contribution in [0.15, 0.2) is 12.4 Å². The Morgan fingerprint density at radius 2 is 1.69 bits per heavy atom. The molecule has 0 aliphatic rings. The fourth-order valence-electron chi connectivity index (χ4n) is 1.68. The fourth-order valence-corrected chi connectivity index (χ4v) is 1.68. The molecule has 0 saturated heterocycles. The van der Waals surface area contributed by atoms with E-state index in [1.165, 1.54) is 0 Å². The average Bonchev–Trinajstić information content (AvgIpc) is 2.27. The maximum Gasteiger partial charge on any atom is 0.144 e. The molecule has 0 aromatic carbocycles. The van der Waals surface area contributed by atoms with Crippen LogP contribution in [-0.2, 0) is 10.3 Å². The van der Waals surface area contributed by atoms with Gasteiger partial charge in [0.15, 0.2) is 0 Å². The van der Waals surface area contributed by atoms with E-state index in [0.29, 0.717) is 18.1 Å². The zero-order chi connectivity index (χ0) is 12.2. The Morgan fingerprint density at radius 3 is 2.06 bits per heavy atom. The third kappa shape index (κ3) is 2.43. The average molecular weight is 226 g/mol. The maximum atomic E-state index is 5.28. The third-order valence-corrected chi connectivity index (χ3v) is 2.44. The Balaban J connectivity index is 3.27. The number of aromatic nitrogens is 1. The van der Waals surface area contributed by atoms with Gasteiger partial charge in [-0.1, -0.05) is 13.8 Å². The predicted octanol–water partition coefficient (Wildman–Crippen LogP) is 1.27. The first-order chi connectivity index (χ1) is 7.56. The van der Waals surface area contributed by atoms with Crippen molar-refractivity contribution in [2.24, 2.45) is 5.90 Å². The van der Waals surface area contributed by atoms with Crippen molar-refractivity contribution in [3.05, 3.63) is 18.0 Å². The molecule has 0 amide bonds. The van der Waals surface area contributed by atoms with Crippen LogP contribution in [0.5, 0.6) is 11.5 Å². The van der Waals surface area contributed by atoms with Crippen molar-refractivity contribution in [1.82, 2.24) is 4.98 Å². The molecule has 16 heavy (non-hydrogen) atoms. The first-order valence-corrected chi connectivity index (χ1v) is 4.95. The minimum atomic E-state index is -0.311. The van der Waals surface area contributed by atoms with Gasteiger partial charge in [-0.2, -0.15) is 0 Å². The molecule has 0 saturated carbocycles. The zero-order valence-corrected chi connectivity index (χ0v) is 10.1. The van der Waals surface area contributed by atoms with E-state index in [2.05, 4.69) is 4.98 Å². The molecule has 5 heteroatoms. The first-order valence-electron chi connectivity index (χ1n) is 4.95. The van der Waals surface area contributed by atoms with Gasteiger partial charge in [0.05, 0.1) is 33.2 Å². The molecule has 90 valence electrons. The number of rotatable bonds is 5. The van der Waals surface area contributed by atoms with Crippen LogP contribution in [0.4, 0.5) is 0 Å². The summed E-state index contributed by atoms with van der Waals surface area (Å²) in [6, 6.07) is 0. The third-order valence-electron chi connectivity index (χ3n) is 2.44. The van der Waals surface area contributed by atoms with Crippen molar-refractivity contribution in [3.63, 3.8) is 0 Å². The highest BCUT2D eigenvalue weighted by Crippen LogP contribution is 2.37. The predicted molar refractivity (Wildman–Crippen MR) is 60.5 cm³/mol. The normalized spacial score (nSPS) is 11.3. The van der Waals surface area contributed by atoms with Gasteiger partial charge in [-0.05, 0) is 0 Å². The molecule has 0 bridgehead atoms.